The molecule has 0 bridgehead atoms. The number of rotatable bonds is 5. The SMILES string of the molecule is CCOC(=O)CNc1c(-c2ccccc2F)nc2cccc(C)n12. The van der Waals surface area contributed by atoms with Crippen molar-refractivity contribution in [3.05, 3.63) is 54.0 Å². The van der Waals surface area contributed by atoms with Gasteiger partial charge in [-0.2, -0.15) is 0 Å². The Labute approximate surface area is 139 Å². The van der Waals surface area contributed by atoms with Gasteiger partial charge in [0.1, 0.15) is 29.5 Å². The van der Waals surface area contributed by atoms with Crippen molar-refractivity contribution in [2.75, 3.05) is 18.5 Å². The molecule has 0 atom stereocenters. The fourth-order valence-electron chi connectivity index (χ4n) is 2.63. The molecule has 0 unspecified atom stereocenters. The predicted octanol–water partition coefficient (Wildman–Crippen LogP) is 3.42. The molecule has 0 saturated heterocycles. The van der Waals surface area contributed by atoms with Gasteiger partial charge in [-0.05, 0) is 38.1 Å². The molecular weight excluding hydrogens is 309 g/mol. The Balaban J connectivity index is 2.11. The van der Waals surface area contributed by atoms with E-state index in [0.29, 0.717) is 29.3 Å². The minimum atomic E-state index is -0.375. The number of hydrogen-bond donors (Lipinski definition) is 1. The van der Waals surface area contributed by atoms with Crippen LogP contribution < -0.4 is 5.32 Å². The number of nitrogens with zero attached hydrogens (tertiary/aromatic N) is 2. The van der Waals surface area contributed by atoms with Crippen molar-refractivity contribution >= 4 is 17.4 Å². The van der Waals surface area contributed by atoms with Gasteiger partial charge in [-0.1, -0.05) is 18.2 Å². The second-order valence-electron chi connectivity index (χ2n) is 5.31. The zero-order valence-electron chi connectivity index (χ0n) is 13.5. The van der Waals surface area contributed by atoms with Crippen LogP contribution in [0.15, 0.2) is 42.5 Å². The fourth-order valence-corrected chi connectivity index (χ4v) is 2.63. The summed E-state index contributed by atoms with van der Waals surface area (Å²) in [5, 5.41) is 3.05. The number of aryl methyl sites for hydroxylation is 1. The van der Waals surface area contributed by atoms with Crippen molar-refractivity contribution in [3.8, 4) is 11.3 Å². The maximum atomic E-state index is 14.2. The van der Waals surface area contributed by atoms with Gasteiger partial charge in [0.25, 0.3) is 0 Å². The number of halogens is 1. The smallest absolute Gasteiger partial charge is 0.325 e. The third kappa shape index (κ3) is 2.95. The summed E-state index contributed by atoms with van der Waals surface area (Å²) in [6, 6.07) is 12.1. The minimum absolute atomic E-state index is 0.0164. The van der Waals surface area contributed by atoms with E-state index < -0.39 is 0 Å². The summed E-state index contributed by atoms with van der Waals surface area (Å²) in [5.74, 6) is -0.167. The number of carbonyl (C=O) groups excluding carboxylic acids is 1. The first kappa shape index (κ1) is 16.0. The number of imidazole rings is 1. The second-order valence-corrected chi connectivity index (χ2v) is 5.31. The Morgan fingerprint density at radius 3 is 2.79 bits per heavy atom. The second kappa shape index (κ2) is 6.70. The molecule has 0 saturated carbocycles. The van der Waals surface area contributed by atoms with Gasteiger partial charge in [0.15, 0.2) is 0 Å². The van der Waals surface area contributed by atoms with Gasteiger partial charge in [0.05, 0.1) is 6.61 Å². The Kier molecular flexibility index (Phi) is 4.46. The van der Waals surface area contributed by atoms with E-state index in [1.807, 2.05) is 29.5 Å². The molecule has 2 aromatic heterocycles. The summed E-state index contributed by atoms with van der Waals surface area (Å²) in [6.07, 6.45) is 0. The number of pyridine rings is 1. The first-order valence-corrected chi connectivity index (χ1v) is 7.74. The summed E-state index contributed by atoms with van der Waals surface area (Å²) in [6.45, 7) is 3.97. The van der Waals surface area contributed by atoms with E-state index in [9.17, 15) is 9.18 Å². The average Bonchev–Trinajstić information content (AvgIpc) is 2.93. The van der Waals surface area contributed by atoms with Crippen molar-refractivity contribution in [1.29, 1.82) is 0 Å². The van der Waals surface area contributed by atoms with Gasteiger partial charge in [0.2, 0.25) is 0 Å². The molecule has 6 heteroatoms. The highest BCUT2D eigenvalue weighted by molar-refractivity contribution is 5.81. The highest BCUT2D eigenvalue weighted by Gasteiger charge is 2.18. The van der Waals surface area contributed by atoms with E-state index in [1.165, 1.54) is 6.07 Å². The van der Waals surface area contributed by atoms with Crippen molar-refractivity contribution in [3.63, 3.8) is 0 Å². The number of nitrogens with one attached hydrogen (secondary N) is 1. The maximum Gasteiger partial charge on any atom is 0.325 e. The number of carbonyl (C=O) groups is 1. The molecule has 2 heterocycles. The molecule has 0 aliphatic heterocycles. The average molecular weight is 327 g/mol. The van der Waals surface area contributed by atoms with Crippen molar-refractivity contribution in [2.45, 2.75) is 13.8 Å². The molecule has 0 fully saturated rings. The largest absolute Gasteiger partial charge is 0.465 e. The maximum absolute atomic E-state index is 14.2. The number of ether oxygens (including phenoxy) is 1. The number of esters is 1. The van der Waals surface area contributed by atoms with E-state index in [4.69, 9.17) is 4.74 Å². The first-order valence-electron chi connectivity index (χ1n) is 7.74. The molecule has 0 spiro atoms. The minimum Gasteiger partial charge on any atom is -0.465 e. The molecule has 1 aromatic carbocycles. The van der Waals surface area contributed by atoms with Crippen molar-refractivity contribution in [2.24, 2.45) is 0 Å². The van der Waals surface area contributed by atoms with Crippen LogP contribution in [0.3, 0.4) is 0 Å². The summed E-state index contributed by atoms with van der Waals surface area (Å²) < 4.78 is 21.0. The van der Waals surface area contributed by atoms with Crippen molar-refractivity contribution in [1.82, 2.24) is 9.38 Å². The summed E-state index contributed by atoms with van der Waals surface area (Å²) in [4.78, 5) is 16.2. The predicted molar refractivity (Wildman–Crippen MR) is 90.4 cm³/mol. The Morgan fingerprint density at radius 1 is 1.25 bits per heavy atom. The van der Waals surface area contributed by atoms with E-state index in [-0.39, 0.29) is 18.3 Å². The summed E-state index contributed by atoms with van der Waals surface area (Å²) >= 11 is 0. The van der Waals surface area contributed by atoms with Gasteiger partial charge in [0, 0.05) is 11.3 Å². The standard InChI is InChI=1S/C18H18FN3O2/c1-3-24-16(23)11-20-18-17(13-8-4-5-9-14(13)19)21-15-10-6-7-12(2)22(15)18/h4-10,20H,3,11H2,1-2H3. The lowest BCUT2D eigenvalue weighted by molar-refractivity contribution is -0.140. The van der Waals surface area contributed by atoms with Gasteiger partial charge in [-0.3, -0.25) is 9.20 Å². The van der Waals surface area contributed by atoms with E-state index >= 15 is 0 Å². The normalized spacial score (nSPS) is 10.8. The molecule has 3 rings (SSSR count). The molecule has 0 amide bonds. The van der Waals surface area contributed by atoms with Crippen molar-refractivity contribution < 1.29 is 13.9 Å². The van der Waals surface area contributed by atoms with Crippen LogP contribution in [0.4, 0.5) is 10.2 Å². The van der Waals surface area contributed by atoms with Gasteiger partial charge >= 0.3 is 5.97 Å². The lowest BCUT2D eigenvalue weighted by Crippen LogP contribution is -2.18. The molecule has 0 aliphatic carbocycles. The summed E-state index contributed by atoms with van der Waals surface area (Å²) in [7, 11) is 0. The highest BCUT2D eigenvalue weighted by Crippen LogP contribution is 2.31. The van der Waals surface area contributed by atoms with Crippen LogP contribution >= 0.6 is 0 Å². The zero-order valence-corrected chi connectivity index (χ0v) is 13.5. The topological polar surface area (TPSA) is 55.6 Å². The molecule has 1 N–H and O–H groups in total. The molecule has 5 nitrogen and oxygen atoms in total. The van der Waals surface area contributed by atoms with Crippen LogP contribution in [0.5, 0.6) is 0 Å². The molecule has 3 aromatic rings. The Bertz CT molecular complexity index is 889. The molecule has 124 valence electrons. The van der Waals surface area contributed by atoms with Gasteiger partial charge in [-0.25, -0.2) is 9.37 Å². The number of benzene rings is 1. The third-order valence-corrected chi connectivity index (χ3v) is 3.67. The van der Waals surface area contributed by atoms with Crippen LogP contribution in [-0.2, 0) is 9.53 Å². The van der Waals surface area contributed by atoms with Gasteiger partial charge in [-0.15, -0.1) is 0 Å². The summed E-state index contributed by atoms with van der Waals surface area (Å²) in [5.41, 5.74) is 2.45. The van der Waals surface area contributed by atoms with Crippen LogP contribution in [0.2, 0.25) is 0 Å². The van der Waals surface area contributed by atoms with Gasteiger partial charge < -0.3 is 10.1 Å². The quantitative estimate of drug-likeness (QED) is 0.730. The fraction of sp³-hybridized carbons (Fsp3) is 0.222. The molecule has 0 radical (unpaired) electrons. The first-order chi connectivity index (χ1) is 11.6. The number of anilines is 1. The van der Waals surface area contributed by atoms with E-state index in [2.05, 4.69) is 10.3 Å². The van der Waals surface area contributed by atoms with Crippen LogP contribution in [0.25, 0.3) is 16.9 Å². The third-order valence-electron chi connectivity index (χ3n) is 3.67. The number of aromatic nitrogens is 2. The van der Waals surface area contributed by atoms with Crippen LogP contribution in [0.1, 0.15) is 12.6 Å². The lowest BCUT2D eigenvalue weighted by atomic mass is 10.1. The van der Waals surface area contributed by atoms with E-state index in [1.54, 1.807) is 25.1 Å². The van der Waals surface area contributed by atoms with E-state index in [0.717, 1.165) is 5.69 Å². The zero-order chi connectivity index (χ0) is 17.1. The number of fused-ring (bicyclic) bond motifs is 1. The van der Waals surface area contributed by atoms with Crippen LogP contribution in [-0.4, -0.2) is 28.5 Å². The monoisotopic (exact) mass is 327 g/mol. The number of hydrogen-bond acceptors (Lipinski definition) is 4. The molecule has 0 aliphatic rings. The Hall–Kier alpha value is -2.89. The highest BCUT2D eigenvalue weighted by atomic mass is 19.1. The Morgan fingerprint density at radius 2 is 2.04 bits per heavy atom. The molecule has 24 heavy (non-hydrogen) atoms. The molecular formula is C18H18FN3O2. The lowest BCUT2D eigenvalue weighted by Gasteiger charge is -2.10. The van der Waals surface area contributed by atoms with Crippen LogP contribution in [0, 0.1) is 12.7 Å².